The van der Waals surface area contributed by atoms with E-state index in [-0.39, 0.29) is 5.91 Å². The van der Waals surface area contributed by atoms with Crippen LogP contribution >= 0.6 is 11.6 Å². The SMILES string of the molecule is COc1cc(-n2cccc2)c(Cl)cc1C(=O)N(C)Cc1ccccn1. The number of aromatic nitrogens is 2. The molecule has 128 valence electrons. The van der Waals surface area contributed by atoms with E-state index in [1.54, 1.807) is 30.3 Å². The maximum atomic E-state index is 12.8. The minimum absolute atomic E-state index is 0.177. The summed E-state index contributed by atoms with van der Waals surface area (Å²) in [6.07, 6.45) is 5.47. The number of pyridine rings is 1. The second-order valence-corrected chi connectivity index (χ2v) is 5.98. The topological polar surface area (TPSA) is 47.4 Å². The number of carbonyl (C=O) groups is 1. The van der Waals surface area contributed by atoms with Gasteiger partial charge in [0.05, 0.1) is 35.6 Å². The summed E-state index contributed by atoms with van der Waals surface area (Å²) in [4.78, 5) is 18.7. The summed E-state index contributed by atoms with van der Waals surface area (Å²) >= 11 is 6.40. The zero-order chi connectivity index (χ0) is 17.8. The van der Waals surface area contributed by atoms with Crippen LogP contribution in [0.1, 0.15) is 16.1 Å². The van der Waals surface area contributed by atoms with Gasteiger partial charge in [-0.1, -0.05) is 17.7 Å². The Kier molecular flexibility index (Phi) is 5.05. The number of amides is 1. The maximum Gasteiger partial charge on any atom is 0.257 e. The molecule has 1 aromatic carbocycles. The first-order valence-electron chi connectivity index (χ1n) is 7.76. The molecule has 0 saturated heterocycles. The number of rotatable bonds is 5. The Balaban J connectivity index is 1.90. The van der Waals surface area contributed by atoms with Gasteiger partial charge in [0.2, 0.25) is 0 Å². The molecule has 0 aliphatic heterocycles. The van der Waals surface area contributed by atoms with Gasteiger partial charge in [-0.2, -0.15) is 0 Å². The van der Waals surface area contributed by atoms with Gasteiger partial charge < -0.3 is 14.2 Å². The number of hydrogen-bond acceptors (Lipinski definition) is 3. The first-order valence-corrected chi connectivity index (χ1v) is 8.14. The highest BCUT2D eigenvalue weighted by molar-refractivity contribution is 6.33. The van der Waals surface area contributed by atoms with E-state index in [1.165, 1.54) is 7.11 Å². The molecule has 0 fully saturated rings. The number of hydrogen-bond donors (Lipinski definition) is 0. The maximum absolute atomic E-state index is 12.8. The van der Waals surface area contributed by atoms with Crippen molar-refractivity contribution in [3.63, 3.8) is 0 Å². The van der Waals surface area contributed by atoms with Gasteiger partial charge in [0, 0.05) is 31.7 Å². The molecule has 5 nitrogen and oxygen atoms in total. The molecule has 0 radical (unpaired) electrons. The van der Waals surface area contributed by atoms with Crippen molar-refractivity contribution in [3.8, 4) is 11.4 Å². The van der Waals surface area contributed by atoms with Crippen LogP contribution in [-0.2, 0) is 6.54 Å². The molecule has 25 heavy (non-hydrogen) atoms. The van der Waals surface area contributed by atoms with Crippen LogP contribution in [0.5, 0.6) is 5.75 Å². The molecule has 3 aromatic rings. The van der Waals surface area contributed by atoms with E-state index in [0.717, 1.165) is 11.4 Å². The van der Waals surface area contributed by atoms with E-state index >= 15 is 0 Å². The van der Waals surface area contributed by atoms with Crippen LogP contribution < -0.4 is 4.74 Å². The predicted molar refractivity (Wildman–Crippen MR) is 97.4 cm³/mol. The Hall–Kier alpha value is -2.79. The minimum atomic E-state index is -0.177. The number of ether oxygens (including phenoxy) is 1. The third-order valence-electron chi connectivity index (χ3n) is 3.85. The summed E-state index contributed by atoms with van der Waals surface area (Å²) in [5, 5.41) is 0.478. The van der Waals surface area contributed by atoms with E-state index in [0.29, 0.717) is 22.9 Å². The molecular weight excluding hydrogens is 338 g/mol. The van der Waals surface area contributed by atoms with Gasteiger partial charge in [-0.3, -0.25) is 9.78 Å². The summed E-state index contributed by atoms with van der Waals surface area (Å²) in [6, 6.07) is 12.8. The van der Waals surface area contributed by atoms with Crippen molar-refractivity contribution in [2.24, 2.45) is 0 Å². The summed E-state index contributed by atoms with van der Waals surface area (Å²) in [7, 11) is 3.27. The lowest BCUT2D eigenvalue weighted by Crippen LogP contribution is -2.27. The smallest absolute Gasteiger partial charge is 0.257 e. The highest BCUT2D eigenvalue weighted by atomic mass is 35.5. The molecule has 2 aromatic heterocycles. The van der Waals surface area contributed by atoms with Gasteiger partial charge in [-0.25, -0.2) is 0 Å². The molecule has 2 heterocycles. The minimum Gasteiger partial charge on any atom is -0.496 e. The normalized spacial score (nSPS) is 10.5. The highest BCUT2D eigenvalue weighted by Gasteiger charge is 2.20. The first-order chi connectivity index (χ1) is 12.1. The average Bonchev–Trinajstić information content (AvgIpc) is 3.16. The Morgan fingerprint density at radius 3 is 2.64 bits per heavy atom. The van der Waals surface area contributed by atoms with Crippen LogP contribution in [0.4, 0.5) is 0 Å². The van der Waals surface area contributed by atoms with E-state index in [9.17, 15) is 4.79 Å². The van der Waals surface area contributed by atoms with Gasteiger partial charge >= 0.3 is 0 Å². The number of nitrogens with zero attached hydrogens (tertiary/aromatic N) is 3. The predicted octanol–water partition coefficient (Wildman–Crippen LogP) is 3.81. The molecule has 0 unspecified atom stereocenters. The van der Waals surface area contributed by atoms with E-state index in [4.69, 9.17) is 16.3 Å². The third kappa shape index (κ3) is 3.67. The van der Waals surface area contributed by atoms with Crippen LogP contribution in [0.15, 0.2) is 61.1 Å². The van der Waals surface area contributed by atoms with Crippen molar-refractivity contribution >= 4 is 17.5 Å². The van der Waals surface area contributed by atoms with Gasteiger partial charge in [0.25, 0.3) is 5.91 Å². The third-order valence-corrected chi connectivity index (χ3v) is 4.16. The van der Waals surface area contributed by atoms with E-state index in [1.807, 2.05) is 47.3 Å². The number of halogens is 1. The Morgan fingerprint density at radius 2 is 2.00 bits per heavy atom. The number of benzene rings is 1. The van der Waals surface area contributed by atoms with Gasteiger partial charge in [0.1, 0.15) is 5.75 Å². The molecule has 0 aliphatic rings. The lowest BCUT2D eigenvalue weighted by Gasteiger charge is -2.19. The molecule has 0 aliphatic carbocycles. The molecule has 0 bridgehead atoms. The Labute approximate surface area is 151 Å². The molecule has 3 rings (SSSR count). The fourth-order valence-electron chi connectivity index (χ4n) is 2.58. The van der Waals surface area contributed by atoms with Gasteiger partial charge in [-0.15, -0.1) is 0 Å². The summed E-state index contributed by atoms with van der Waals surface area (Å²) in [5.74, 6) is 0.300. The van der Waals surface area contributed by atoms with E-state index < -0.39 is 0 Å². The summed E-state index contributed by atoms with van der Waals surface area (Å²) in [6.45, 7) is 0.403. The fraction of sp³-hybridized carbons (Fsp3) is 0.158. The number of carbonyl (C=O) groups excluding carboxylic acids is 1. The lowest BCUT2D eigenvalue weighted by atomic mass is 10.1. The monoisotopic (exact) mass is 355 g/mol. The molecule has 0 saturated carbocycles. The van der Waals surface area contributed by atoms with Crippen molar-refractivity contribution < 1.29 is 9.53 Å². The summed E-state index contributed by atoms with van der Waals surface area (Å²) < 4.78 is 7.30. The van der Waals surface area contributed by atoms with Crippen molar-refractivity contribution in [3.05, 3.63) is 77.3 Å². The second kappa shape index (κ2) is 7.40. The zero-order valence-electron chi connectivity index (χ0n) is 14.0. The molecule has 1 amide bonds. The first kappa shape index (κ1) is 17.0. The molecule has 0 N–H and O–H groups in total. The lowest BCUT2D eigenvalue weighted by molar-refractivity contribution is 0.0780. The summed E-state index contributed by atoms with van der Waals surface area (Å²) in [5.41, 5.74) is 1.99. The van der Waals surface area contributed by atoms with Crippen molar-refractivity contribution in [1.82, 2.24) is 14.5 Å². The van der Waals surface area contributed by atoms with Crippen molar-refractivity contribution in [2.45, 2.75) is 6.54 Å². The van der Waals surface area contributed by atoms with Gasteiger partial charge in [-0.05, 0) is 30.3 Å². The second-order valence-electron chi connectivity index (χ2n) is 5.58. The van der Waals surface area contributed by atoms with Crippen LogP contribution in [0.2, 0.25) is 5.02 Å². The fourth-order valence-corrected chi connectivity index (χ4v) is 2.84. The highest BCUT2D eigenvalue weighted by Crippen LogP contribution is 2.30. The standard InChI is InChI=1S/C19H18ClN3O2/c1-22(13-14-7-3-4-8-21-14)19(24)15-11-16(20)17(12-18(15)25-2)23-9-5-6-10-23/h3-12H,13H2,1-2H3. The van der Waals surface area contributed by atoms with Gasteiger partial charge in [0.15, 0.2) is 0 Å². The Morgan fingerprint density at radius 1 is 1.24 bits per heavy atom. The van der Waals surface area contributed by atoms with Crippen LogP contribution in [-0.4, -0.2) is 34.5 Å². The van der Waals surface area contributed by atoms with Crippen molar-refractivity contribution in [2.75, 3.05) is 14.2 Å². The quantitative estimate of drug-likeness (QED) is 0.699. The molecule has 6 heteroatoms. The Bertz CT molecular complexity index is 864. The van der Waals surface area contributed by atoms with Crippen LogP contribution in [0.3, 0.4) is 0 Å². The molecular formula is C19H18ClN3O2. The van der Waals surface area contributed by atoms with E-state index in [2.05, 4.69) is 4.98 Å². The molecule has 0 atom stereocenters. The van der Waals surface area contributed by atoms with Crippen LogP contribution in [0, 0.1) is 0 Å². The average molecular weight is 356 g/mol. The van der Waals surface area contributed by atoms with Crippen molar-refractivity contribution in [1.29, 1.82) is 0 Å². The zero-order valence-corrected chi connectivity index (χ0v) is 14.8. The molecule has 0 spiro atoms. The number of methoxy groups -OCH3 is 1. The van der Waals surface area contributed by atoms with Crippen LogP contribution in [0.25, 0.3) is 5.69 Å². The largest absolute Gasteiger partial charge is 0.496 e.